The number of likely N-dealkylation sites (tertiary alicyclic amines) is 1. The van der Waals surface area contributed by atoms with Crippen molar-refractivity contribution in [2.75, 3.05) is 25.4 Å². The zero-order valence-corrected chi connectivity index (χ0v) is 8.32. The lowest BCUT2D eigenvalue weighted by Crippen LogP contribution is -2.22. The van der Waals surface area contributed by atoms with Gasteiger partial charge < -0.3 is 4.90 Å². The summed E-state index contributed by atoms with van der Waals surface area (Å²) in [4.78, 5) is 2.57. The van der Waals surface area contributed by atoms with E-state index in [-0.39, 0.29) is 0 Å². The van der Waals surface area contributed by atoms with Crippen molar-refractivity contribution in [2.45, 2.75) is 26.2 Å². The third-order valence-corrected chi connectivity index (χ3v) is 2.90. The fraction of sp³-hybridized carbons (Fsp3) is 1.00. The molecule has 1 fully saturated rings. The van der Waals surface area contributed by atoms with Gasteiger partial charge in [0.15, 0.2) is 0 Å². The average molecular weight is 173 g/mol. The summed E-state index contributed by atoms with van der Waals surface area (Å²) >= 11 is 4.21. The van der Waals surface area contributed by atoms with Crippen molar-refractivity contribution in [2.24, 2.45) is 5.92 Å². The van der Waals surface area contributed by atoms with Crippen LogP contribution in [0.5, 0.6) is 0 Å². The van der Waals surface area contributed by atoms with Crippen LogP contribution in [0.3, 0.4) is 0 Å². The monoisotopic (exact) mass is 173 g/mol. The van der Waals surface area contributed by atoms with E-state index in [1.54, 1.807) is 0 Å². The molecule has 0 amide bonds. The predicted octanol–water partition coefficient (Wildman–Crippen LogP) is 2.04. The second-order valence-corrected chi connectivity index (χ2v) is 3.89. The quantitative estimate of drug-likeness (QED) is 0.637. The SMILES string of the molecule is CCC1CCN(CCCS)C1. The van der Waals surface area contributed by atoms with Crippen molar-refractivity contribution in [1.29, 1.82) is 0 Å². The second kappa shape index (κ2) is 5.04. The summed E-state index contributed by atoms with van der Waals surface area (Å²) in [5.41, 5.74) is 0. The molecular formula is C9H19NS. The summed E-state index contributed by atoms with van der Waals surface area (Å²) in [7, 11) is 0. The molecule has 0 aromatic rings. The molecule has 1 unspecified atom stereocenters. The molecule has 0 aromatic carbocycles. The van der Waals surface area contributed by atoms with Gasteiger partial charge in [0.2, 0.25) is 0 Å². The van der Waals surface area contributed by atoms with Gasteiger partial charge in [0.05, 0.1) is 0 Å². The van der Waals surface area contributed by atoms with Gasteiger partial charge in [-0.25, -0.2) is 0 Å². The maximum atomic E-state index is 4.21. The summed E-state index contributed by atoms with van der Waals surface area (Å²) in [6.07, 6.45) is 4.03. The van der Waals surface area contributed by atoms with E-state index in [1.165, 1.54) is 38.9 Å². The molecule has 0 aromatic heterocycles. The first-order valence-corrected chi connectivity index (χ1v) is 5.33. The average Bonchev–Trinajstić information content (AvgIpc) is 2.48. The zero-order valence-electron chi connectivity index (χ0n) is 7.42. The molecule has 0 bridgehead atoms. The molecule has 1 saturated heterocycles. The van der Waals surface area contributed by atoms with Crippen molar-refractivity contribution in [3.8, 4) is 0 Å². The van der Waals surface area contributed by atoms with Gasteiger partial charge in [-0.15, -0.1) is 0 Å². The minimum atomic E-state index is 0.981. The minimum absolute atomic E-state index is 0.981. The molecule has 0 N–H and O–H groups in total. The molecular weight excluding hydrogens is 154 g/mol. The van der Waals surface area contributed by atoms with E-state index in [9.17, 15) is 0 Å². The molecule has 11 heavy (non-hydrogen) atoms. The Bertz CT molecular complexity index is 106. The highest BCUT2D eigenvalue weighted by Gasteiger charge is 2.19. The summed E-state index contributed by atoms with van der Waals surface area (Å²) in [6.45, 7) is 6.23. The summed E-state index contributed by atoms with van der Waals surface area (Å²) < 4.78 is 0. The molecule has 0 saturated carbocycles. The second-order valence-electron chi connectivity index (χ2n) is 3.44. The summed E-state index contributed by atoms with van der Waals surface area (Å²) in [5, 5.41) is 0. The van der Waals surface area contributed by atoms with Crippen LogP contribution < -0.4 is 0 Å². The lowest BCUT2D eigenvalue weighted by atomic mass is 10.1. The van der Waals surface area contributed by atoms with Gasteiger partial charge in [-0.05, 0) is 37.6 Å². The fourth-order valence-electron chi connectivity index (χ4n) is 1.74. The van der Waals surface area contributed by atoms with E-state index in [0.29, 0.717) is 0 Å². The molecule has 1 rings (SSSR count). The van der Waals surface area contributed by atoms with Crippen LogP contribution in [-0.2, 0) is 0 Å². The van der Waals surface area contributed by atoms with E-state index in [1.807, 2.05) is 0 Å². The number of nitrogens with zero attached hydrogens (tertiary/aromatic N) is 1. The van der Waals surface area contributed by atoms with Crippen LogP contribution in [0.25, 0.3) is 0 Å². The minimum Gasteiger partial charge on any atom is -0.303 e. The van der Waals surface area contributed by atoms with Crippen LogP contribution in [-0.4, -0.2) is 30.3 Å². The normalized spacial score (nSPS) is 26.2. The van der Waals surface area contributed by atoms with Crippen LogP contribution in [0.15, 0.2) is 0 Å². The lowest BCUT2D eigenvalue weighted by Gasteiger charge is -2.14. The first-order valence-electron chi connectivity index (χ1n) is 4.70. The Morgan fingerprint density at radius 1 is 1.55 bits per heavy atom. The van der Waals surface area contributed by atoms with Crippen LogP contribution in [0.1, 0.15) is 26.2 Å². The van der Waals surface area contributed by atoms with Gasteiger partial charge in [0, 0.05) is 6.54 Å². The third kappa shape index (κ3) is 3.04. The Kier molecular flexibility index (Phi) is 4.31. The number of hydrogen-bond donors (Lipinski definition) is 1. The highest BCUT2D eigenvalue weighted by atomic mass is 32.1. The standard InChI is InChI=1S/C9H19NS/c1-2-9-4-6-10(8-9)5-3-7-11/h9,11H,2-8H2,1H3. The molecule has 0 spiro atoms. The first-order chi connectivity index (χ1) is 5.36. The van der Waals surface area contributed by atoms with E-state index >= 15 is 0 Å². The Balaban J connectivity index is 2.09. The Hall–Kier alpha value is 0.310. The molecule has 0 aliphatic carbocycles. The topological polar surface area (TPSA) is 3.24 Å². The van der Waals surface area contributed by atoms with E-state index in [2.05, 4.69) is 24.5 Å². The zero-order chi connectivity index (χ0) is 8.10. The van der Waals surface area contributed by atoms with E-state index < -0.39 is 0 Å². The molecule has 2 heteroatoms. The molecule has 1 atom stereocenters. The van der Waals surface area contributed by atoms with Crippen LogP contribution in [0, 0.1) is 5.92 Å². The smallest absolute Gasteiger partial charge is 0.00100 e. The van der Waals surface area contributed by atoms with Gasteiger partial charge in [0.25, 0.3) is 0 Å². The van der Waals surface area contributed by atoms with Crippen LogP contribution in [0.2, 0.25) is 0 Å². The molecule has 1 aliphatic heterocycles. The maximum absolute atomic E-state index is 4.21. The van der Waals surface area contributed by atoms with E-state index in [4.69, 9.17) is 0 Å². The van der Waals surface area contributed by atoms with E-state index in [0.717, 1.165) is 11.7 Å². The van der Waals surface area contributed by atoms with Crippen molar-refractivity contribution in [3.05, 3.63) is 0 Å². The molecule has 1 heterocycles. The summed E-state index contributed by atoms with van der Waals surface area (Å²) in [6, 6.07) is 0. The third-order valence-electron chi connectivity index (χ3n) is 2.58. The van der Waals surface area contributed by atoms with Gasteiger partial charge in [-0.1, -0.05) is 13.3 Å². The highest BCUT2D eigenvalue weighted by Crippen LogP contribution is 2.18. The maximum Gasteiger partial charge on any atom is 0.00100 e. The highest BCUT2D eigenvalue weighted by molar-refractivity contribution is 7.80. The Labute approximate surface area is 75.6 Å². The Morgan fingerprint density at radius 3 is 2.91 bits per heavy atom. The van der Waals surface area contributed by atoms with Gasteiger partial charge in [0.1, 0.15) is 0 Å². The van der Waals surface area contributed by atoms with Gasteiger partial charge in [-0.3, -0.25) is 0 Å². The molecule has 1 nitrogen and oxygen atoms in total. The van der Waals surface area contributed by atoms with Crippen LogP contribution >= 0.6 is 12.6 Å². The summed E-state index contributed by atoms with van der Waals surface area (Å²) in [5.74, 6) is 2.02. The Morgan fingerprint density at radius 2 is 2.36 bits per heavy atom. The molecule has 66 valence electrons. The van der Waals surface area contributed by atoms with Crippen molar-refractivity contribution < 1.29 is 0 Å². The van der Waals surface area contributed by atoms with Crippen LogP contribution in [0.4, 0.5) is 0 Å². The fourth-order valence-corrected chi connectivity index (χ4v) is 1.88. The lowest BCUT2D eigenvalue weighted by molar-refractivity contribution is 0.324. The number of rotatable bonds is 4. The molecule has 0 radical (unpaired) electrons. The number of hydrogen-bond acceptors (Lipinski definition) is 2. The van der Waals surface area contributed by atoms with Crippen molar-refractivity contribution in [3.63, 3.8) is 0 Å². The largest absolute Gasteiger partial charge is 0.303 e. The first kappa shape index (κ1) is 9.40. The van der Waals surface area contributed by atoms with Crippen molar-refractivity contribution in [1.82, 2.24) is 4.90 Å². The van der Waals surface area contributed by atoms with Gasteiger partial charge >= 0.3 is 0 Å². The van der Waals surface area contributed by atoms with Gasteiger partial charge in [-0.2, -0.15) is 12.6 Å². The molecule has 1 aliphatic rings. The predicted molar refractivity (Wildman–Crippen MR) is 53.3 cm³/mol. The number of thiol groups is 1. The van der Waals surface area contributed by atoms with Crippen molar-refractivity contribution >= 4 is 12.6 Å².